The van der Waals surface area contributed by atoms with Gasteiger partial charge in [0.1, 0.15) is 6.29 Å². The molecular weight excluding hydrogens is 220 g/mol. The topological polar surface area (TPSA) is 37.3 Å². The summed E-state index contributed by atoms with van der Waals surface area (Å²) in [6.45, 7) is 3.62. The van der Waals surface area contributed by atoms with E-state index in [0.29, 0.717) is 6.42 Å². The van der Waals surface area contributed by atoms with E-state index < -0.39 is 0 Å². The Kier molecular flexibility index (Phi) is 5.12. The Morgan fingerprint density at radius 1 is 1.44 bits per heavy atom. The Labute approximate surface area is 100 Å². The fourth-order valence-electron chi connectivity index (χ4n) is 1.47. The molecule has 0 aliphatic rings. The molecule has 3 heteroatoms. The Morgan fingerprint density at radius 3 is 2.56 bits per heavy atom. The number of aldehydes is 1. The molecule has 1 aromatic carbocycles. The molecule has 1 rings (SSSR count). The molecule has 0 fully saturated rings. The van der Waals surface area contributed by atoms with E-state index in [-0.39, 0.29) is 11.0 Å². The Bertz CT molecular complexity index is 367. The van der Waals surface area contributed by atoms with E-state index in [9.17, 15) is 9.90 Å². The Hall–Kier alpha value is -1.22. The van der Waals surface area contributed by atoms with Gasteiger partial charge in [-0.15, -0.1) is 11.8 Å². The molecule has 2 nitrogen and oxygen atoms in total. The zero-order chi connectivity index (χ0) is 12.0. The van der Waals surface area contributed by atoms with Gasteiger partial charge in [-0.1, -0.05) is 18.2 Å². The molecule has 1 unspecified atom stereocenters. The molecule has 86 valence electrons. The molecule has 0 bridgehead atoms. The zero-order valence-corrected chi connectivity index (χ0v) is 10.3. The lowest BCUT2D eigenvalue weighted by molar-refractivity contribution is -0.107. The van der Waals surface area contributed by atoms with Crippen molar-refractivity contribution >= 4 is 18.0 Å². The average molecular weight is 236 g/mol. The van der Waals surface area contributed by atoms with Crippen molar-refractivity contribution in [1.29, 1.82) is 0 Å². The van der Waals surface area contributed by atoms with Gasteiger partial charge < -0.3 is 9.90 Å². The molecule has 1 aromatic rings. The molecule has 0 aromatic heterocycles. The van der Waals surface area contributed by atoms with Gasteiger partial charge in [-0.3, -0.25) is 0 Å². The first-order valence-electron chi connectivity index (χ1n) is 5.19. The fraction of sp³-hybridized carbons (Fsp3) is 0.308. The summed E-state index contributed by atoms with van der Waals surface area (Å²) in [5.74, 6) is 0.253. The summed E-state index contributed by atoms with van der Waals surface area (Å²) in [6, 6.07) is 9.96. The molecule has 0 saturated heterocycles. The van der Waals surface area contributed by atoms with Crippen LogP contribution >= 0.6 is 11.8 Å². The van der Waals surface area contributed by atoms with Crippen molar-refractivity contribution in [3.05, 3.63) is 41.7 Å². The summed E-state index contributed by atoms with van der Waals surface area (Å²) in [4.78, 5) is 11.7. The van der Waals surface area contributed by atoms with Crippen molar-refractivity contribution in [3.8, 4) is 0 Å². The highest BCUT2D eigenvalue weighted by Crippen LogP contribution is 2.29. The van der Waals surface area contributed by atoms with Crippen LogP contribution in [0.1, 0.15) is 20.3 Å². The van der Waals surface area contributed by atoms with Gasteiger partial charge in [0.2, 0.25) is 0 Å². The predicted molar refractivity (Wildman–Crippen MR) is 67.8 cm³/mol. The van der Waals surface area contributed by atoms with E-state index in [2.05, 4.69) is 0 Å². The lowest BCUT2D eigenvalue weighted by Crippen LogP contribution is -2.05. The zero-order valence-electron chi connectivity index (χ0n) is 9.51. The largest absolute Gasteiger partial charge is 0.513 e. The minimum absolute atomic E-state index is 0.109. The molecule has 0 saturated carbocycles. The van der Waals surface area contributed by atoms with E-state index in [1.807, 2.05) is 37.3 Å². The number of carbonyl (C=O) groups is 1. The number of hydrogen-bond donors (Lipinski definition) is 1. The van der Waals surface area contributed by atoms with Crippen molar-refractivity contribution in [1.82, 2.24) is 0 Å². The smallest absolute Gasteiger partial charge is 0.124 e. The molecule has 0 aliphatic heterocycles. The normalized spacial score (nSPS) is 14.1. The van der Waals surface area contributed by atoms with Gasteiger partial charge in [0.05, 0.1) is 5.76 Å². The summed E-state index contributed by atoms with van der Waals surface area (Å²) in [5.41, 5.74) is 0.795. The third kappa shape index (κ3) is 3.74. The number of allylic oxidation sites excluding steroid dienone is 1. The molecule has 1 N–H and O–H groups in total. The number of benzene rings is 1. The summed E-state index contributed by atoms with van der Waals surface area (Å²) in [5, 5.41) is 9.61. The maximum absolute atomic E-state index is 10.5. The number of thioether (sulfide) groups is 1. The van der Waals surface area contributed by atoms with Gasteiger partial charge >= 0.3 is 0 Å². The van der Waals surface area contributed by atoms with E-state index in [1.54, 1.807) is 18.7 Å². The second-order valence-electron chi connectivity index (χ2n) is 3.55. The van der Waals surface area contributed by atoms with Crippen LogP contribution < -0.4 is 0 Å². The van der Waals surface area contributed by atoms with E-state index in [4.69, 9.17) is 0 Å². The maximum Gasteiger partial charge on any atom is 0.124 e. The monoisotopic (exact) mass is 236 g/mol. The van der Waals surface area contributed by atoms with Crippen molar-refractivity contribution in [2.45, 2.75) is 30.4 Å². The minimum Gasteiger partial charge on any atom is -0.513 e. The lowest BCUT2D eigenvalue weighted by Gasteiger charge is -2.14. The van der Waals surface area contributed by atoms with Crippen molar-refractivity contribution < 1.29 is 9.90 Å². The highest BCUT2D eigenvalue weighted by Gasteiger charge is 2.12. The van der Waals surface area contributed by atoms with Crippen LogP contribution in [0.25, 0.3) is 0 Å². The highest BCUT2D eigenvalue weighted by atomic mass is 32.2. The molecule has 1 atom stereocenters. The van der Waals surface area contributed by atoms with E-state index >= 15 is 0 Å². The third-order valence-corrected chi connectivity index (χ3v) is 3.50. The van der Waals surface area contributed by atoms with Crippen LogP contribution in [-0.4, -0.2) is 16.6 Å². The Balaban J connectivity index is 2.74. The van der Waals surface area contributed by atoms with Gasteiger partial charge in [0.15, 0.2) is 0 Å². The van der Waals surface area contributed by atoms with E-state index in [1.165, 1.54) is 0 Å². The number of aliphatic hydroxyl groups is 1. The molecule has 0 radical (unpaired) electrons. The van der Waals surface area contributed by atoms with E-state index in [0.717, 1.165) is 16.8 Å². The van der Waals surface area contributed by atoms with Crippen LogP contribution in [0.3, 0.4) is 0 Å². The predicted octanol–water partition coefficient (Wildman–Crippen LogP) is 3.59. The number of carbonyl (C=O) groups excluding carboxylic acids is 1. The molecule has 0 spiro atoms. The molecular formula is C13H16O2S. The first-order chi connectivity index (χ1) is 7.65. The van der Waals surface area contributed by atoms with Crippen molar-refractivity contribution in [2.24, 2.45) is 0 Å². The third-order valence-electron chi connectivity index (χ3n) is 2.31. The second-order valence-corrected chi connectivity index (χ2v) is 4.97. The number of rotatable bonds is 5. The molecule has 16 heavy (non-hydrogen) atoms. The lowest BCUT2D eigenvalue weighted by atomic mass is 10.1. The fourth-order valence-corrected chi connectivity index (χ4v) is 2.60. The number of hydrogen-bond acceptors (Lipinski definition) is 3. The average Bonchev–Trinajstić information content (AvgIpc) is 2.26. The van der Waals surface area contributed by atoms with Crippen LogP contribution in [0.5, 0.6) is 0 Å². The van der Waals surface area contributed by atoms with Crippen LogP contribution in [0, 0.1) is 0 Å². The first-order valence-corrected chi connectivity index (χ1v) is 6.07. The summed E-state index contributed by atoms with van der Waals surface area (Å²) in [7, 11) is 0. The van der Waals surface area contributed by atoms with Crippen LogP contribution in [-0.2, 0) is 4.79 Å². The van der Waals surface area contributed by atoms with Gasteiger partial charge in [0.25, 0.3) is 0 Å². The highest BCUT2D eigenvalue weighted by molar-refractivity contribution is 8.00. The van der Waals surface area contributed by atoms with Crippen molar-refractivity contribution in [3.63, 3.8) is 0 Å². The van der Waals surface area contributed by atoms with Crippen molar-refractivity contribution in [2.75, 3.05) is 0 Å². The first kappa shape index (κ1) is 12.8. The standard InChI is InChI=1S/C13H16O2S/c1-10(15)13(8-9-14)11(2)16-12-6-4-3-5-7-12/h3-7,9,11,15H,8H2,1-2H3/b13-10+. The maximum atomic E-state index is 10.5. The molecule has 0 amide bonds. The Morgan fingerprint density at radius 2 is 2.06 bits per heavy atom. The SMILES string of the molecule is C/C(O)=C(/CC=O)C(C)Sc1ccccc1. The van der Waals surface area contributed by atoms with Gasteiger partial charge in [-0.2, -0.15) is 0 Å². The van der Waals surface area contributed by atoms with Gasteiger partial charge in [-0.25, -0.2) is 0 Å². The summed E-state index contributed by atoms with van der Waals surface area (Å²) >= 11 is 1.64. The molecule has 0 heterocycles. The van der Waals surface area contributed by atoms with Crippen LogP contribution in [0.4, 0.5) is 0 Å². The van der Waals surface area contributed by atoms with Crippen LogP contribution in [0.2, 0.25) is 0 Å². The van der Waals surface area contributed by atoms with Crippen LogP contribution in [0.15, 0.2) is 46.6 Å². The van der Waals surface area contributed by atoms with Gasteiger partial charge in [-0.05, 0) is 31.6 Å². The molecule has 0 aliphatic carbocycles. The summed E-state index contributed by atoms with van der Waals surface area (Å²) < 4.78 is 0. The number of aliphatic hydroxyl groups excluding tert-OH is 1. The summed E-state index contributed by atoms with van der Waals surface area (Å²) in [6.07, 6.45) is 1.13. The quantitative estimate of drug-likeness (QED) is 0.482. The second kappa shape index (κ2) is 6.38. The minimum atomic E-state index is 0.109. The van der Waals surface area contributed by atoms with Gasteiger partial charge in [0, 0.05) is 16.6 Å².